The van der Waals surface area contributed by atoms with Crippen LogP contribution >= 0.6 is 11.3 Å². The Bertz CT molecular complexity index is 1800. The Hall–Kier alpha value is -4.77. The summed E-state index contributed by atoms with van der Waals surface area (Å²) in [6.07, 6.45) is 1.62. The van der Waals surface area contributed by atoms with Gasteiger partial charge in [-0.3, -0.25) is 14.2 Å². The van der Waals surface area contributed by atoms with Gasteiger partial charge in [0.1, 0.15) is 5.75 Å². The molecule has 1 aliphatic rings. The van der Waals surface area contributed by atoms with Gasteiger partial charge < -0.3 is 19.5 Å². The van der Waals surface area contributed by atoms with Gasteiger partial charge in [-0.2, -0.15) is 8.78 Å². The fourth-order valence-corrected chi connectivity index (χ4v) is 5.60. The van der Waals surface area contributed by atoms with Gasteiger partial charge >= 0.3 is 6.61 Å². The second kappa shape index (κ2) is 11.8. The van der Waals surface area contributed by atoms with Gasteiger partial charge in [-0.05, 0) is 60.5 Å². The number of hydrogen-bond acceptors (Lipinski definition) is 7. The van der Waals surface area contributed by atoms with Crippen molar-refractivity contribution >= 4 is 29.0 Å². The lowest BCUT2D eigenvalue weighted by atomic mass is 9.95. The number of rotatable bonds is 8. The number of fused-ring (bicyclic) bond motifs is 1. The molecule has 0 saturated carbocycles. The lowest BCUT2D eigenvalue weighted by Gasteiger charge is -2.25. The quantitative estimate of drug-likeness (QED) is 0.333. The van der Waals surface area contributed by atoms with Crippen molar-refractivity contribution in [2.75, 3.05) is 19.5 Å². The third kappa shape index (κ3) is 5.75. The SMILES string of the molecule is COc1ccc([C@@H]2C(C(=O)Nc3ccccc3)=C(C)N=c3s/c(=C/c4ccc(OC(F)F)c(OC)c4)c(=O)n32)cc1. The Morgan fingerprint density at radius 2 is 1.76 bits per heavy atom. The number of amides is 1. The van der Waals surface area contributed by atoms with E-state index in [4.69, 9.17) is 9.47 Å². The Morgan fingerprint density at radius 3 is 2.41 bits per heavy atom. The summed E-state index contributed by atoms with van der Waals surface area (Å²) in [7, 11) is 2.90. The fraction of sp³-hybridized carbons (Fsp3) is 0.167. The molecule has 1 amide bonds. The zero-order valence-electron chi connectivity index (χ0n) is 22.3. The number of hydrogen-bond donors (Lipinski definition) is 1. The van der Waals surface area contributed by atoms with E-state index in [1.165, 1.54) is 23.8 Å². The molecule has 0 spiro atoms. The first kappa shape index (κ1) is 27.8. The van der Waals surface area contributed by atoms with E-state index in [-0.39, 0.29) is 23.0 Å². The number of carbonyl (C=O) groups is 1. The van der Waals surface area contributed by atoms with Crippen LogP contribution < -0.4 is 34.4 Å². The van der Waals surface area contributed by atoms with E-state index >= 15 is 0 Å². The summed E-state index contributed by atoms with van der Waals surface area (Å²) in [5, 5.41) is 2.91. The number of nitrogens with zero attached hydrogens (tertiary/aromatic N) is 2. The van der Waals surface area contributed by atoms with Crippen molar-refractivity contribution < 1.29 is 27.8 Å². The van der Waals surface area contributed by atoms with Crippen LogP contribution in [-0.2, 0) is 4.79 Å². The Morgan fingerprint density at radius 1 is 1.02 bits per heavy atom. The lowest BCUT2D eigenvalue weighted by Crippen LogP contribution is -2.40. The molecule has 1 aliphatic heterocycles. The Balaban J connectivity index is 1.63. The summed E-state index contributed by atoms with van der Waals surface area (Å²) >= 11 is 1.16. The van der Waals surface area contributed by atoms with E-state index in [1.807, 2.05) is 30.3 Å². The van der Waals surface area contributed by atoms with Gasteiger partial charge in [0.05, 0.1) is 36.1 Å². The minimum atomic E-state index is -3.01. The van der Waals surface area contributed by atoms with Crippen molar-refractivity contribution in [3.05, 3.63) is 115 Å². The first-order valence-electron chi connectivity index (χ1n) is 12.4. The number of anilines is 1. The number of methoxy groups -OCH3 is 2. The first-order valence-corrected chi connectivity index (χ1v) is 13.3. The van der Waals surface area contributed by atoms with Crippen LogP contribution in [-0.4, -0.2) is 31.3 Å². The van der Waals surface area contributed by atoms with Gasteiger partial charge in [0.2, 0.25) is 0 Å². The van der Waals surface area contributed by atoms with E-state index in [9.17, 15) is 18.4 Å². The topological polar surface area (TPSA) is 91.2 Å². The van der Waals surface area contributed by atoms with E-state index in [1.54, 1.807) is 50.4 Å². The molecule has 0 aliphatic carbocycles. The number of nitrogens with one attached hydrogen (secondary N) is 1. The maximum atomic E-state index is 13.9. The van der Waals surface area contributed by atoms with Gasteiger partial charge in [0.25, 0.3) is 11.5 Å². The molecule has 4 aromatic rings. The van der Waals surface area contributed by atoms with Crippen LogP contribution in [0.3, 0.4) is 0 Å². The average Bonchev–Trinajstić information content (AvgIpc) is 3.27. The molecule has 0 bridgehead atoms. The van der Waals surface area contributed by atoms with Crippen LogP contribution in [0.4, 0.5) is 14.5 Å². The van der Waals surface area contributed by atoms with Crippen molar-refractivity contribution in [2.24, 2.45) is 4.99 Å². The van der Waals surface area contributed by atoms with Crippen molar-refractivity contribution in [3.63, 3.8) is 0 Å². The maximum absolute atomic E-state index is 13.9. The molecule has 0 radical (unpaired) electrons. The van der Waals surface area contributed by atoms with E-state index in [2.05, 4.69) is 15.0 Å². The highest BCUT2D eigenvalue weighted by molar-refractivity contribution is 7.07. The third-order valence-electron chi connectivity index (χ3n) is 6.43. The predicted octanol–water partition coefficient (Wildman–Crippen LogP) is 4.49. The Labute approximate surface area is 237 Å². The minimum absolute atomic E-state index is 0.0960. The van der Waals surface area contributed by atoms with Gasteiger partial charge in [-0.15, -0.1) is 0 Å². The van der Waals surface area contributed by atoms with Crippen molar-refractivity contribution in [1.82, 2.24) is 4.57 Å². The van der Waals surface area contributed by atoms with Crippen LogP contribution in [0.2, 0.25) is 0 Å². The molecular formula is C30H25F2N3O5S. The van der Waals surface area contributed by atoms with Crippen molar-refractivity contribution in [1.29, 1.82) is 0 Å². The molecule has 210 valence electrons. The molecular weight excluding hydrogens is 552 g/mol. The first-order chi connectivity index (χ1) is 19.8. The zero-order valence-corrected chi connectivity index (χ0v) is 23.1. The van der Waals surface area contributed by atoms with Crippen LogP contribution in [0.25, 0.3) is 6.08 Å². The van der Waals surface area contributed by atoms with E-state index in [0.29, 0.717) is 43.2 Å². The van der Waals surface area contributed by atoms with Crippen molar-refractivity contribution in [3.8, 4) is 17.2 Å². The molecule has 0 saturated heterocycles. The number of benzene rings is 3. The summed E-state index contributed by atoms with van der Waals surface area (Å²) in [5.41, 5.74) is 2.28. The van der Waals surface area contributed by atoms with Crippen LogP contribution in [0, 0.1) is 0 Å². The number of thiazole rings is 1. The standard InChI is InChI=1S/C30H25F2N3O5S/c1-17-25(27(36)34-20-7-5-4-6-8-20)26(19-10-12-21(38-2)13-11-19)35-28(37)24(41-30(35)33-17)16-18-9-14-22(40-29(31)32)23(15-18)39-3/h4-16,26,29H,1-3H3,(H,34,36)/b24-16+/t26-/m1/s1. The number of para-hydroxylation sites is 1. The van der Waals surface area contributed by atoms with Gasteiger partial charge in [0, 0.05) is 5.69 Å². The van der Waals surface area contributed by atoms with Gasteiger partial charge in [-0.25, -0.2) is 4.99 Å². The van der Waals surface area contributed by atoms with Crippen LogP contribution in [0.5, 0.6) is 17.2 Å². The smallest absolute Gasteiger partial charge is 0.387 e. The summed E-state index contributed by atoms with van der Waals surface area (Å²) in [6.45, 7) is -1.27. The number of aromatic nitrogens is 1. The molecule has 0 unspecified atom stereocenters. The molecule has 8 nitrogen and oxygen atoms in total. The minimum Gasteiger partial charge on any atom is -0.497 e. The van der Waals surface area contributed by atoms with Gasteiger partial charge in [0.15, 0.2) is 16.3 Å². The molecule has 0 fully saturated rings. The monoisotopic (exact) mass is 577 g/mol. The molecule has 41 heavy (non-hydrogen) atoms. The maximum Gasteiger partial charge on any atom is 0.387 e. The zero-order chi connectivity index (χ0) is 29.1. The summed E-state index contributed by atoms with van der Waals surface area (Å²) in [6, 6.07) is 19.8. The summed E-state index contributed by atoms with van der Waals surface area (Å²) in [4.78, 5) is 32.6. The average molecular weight is 578 g/mol. The highest BCUT2D eigenvalue weighted by atomic mass is 32.1. The normalized spacial score (nSPS) is 14.9. The molecule has 3 aromatic carbocycles. The highest BCUT2D eigenvalue weighted by Gasteiger charge is 2.32. The van der Waals surface area contributed by atoms with E-state index < -0.39 is 12.7 Å². The van der Waals surface area contributed by atoms with Crippen molar-refractivity contribution in [2.45, 2.75) is 19.6 Å². The van der Waals surface area contributed by atoms with E-state index in [0.717, 1.165) is 11.3 Å². The second-order valence-electron chi connectivity index (χ2n) is 8.96. The summed E-state index contributed by atoms with van der Waals surface area (Å²) < 4.78 is 42.3. The predicted molar refractivity (Wildman–Crippen MR) is 151 cm³/mol. The molecule has 11 heteroatoms. The van der Waals surface area contributed by atoms with Crippen LogP contribution in [0.15, 0.2) is 93.9 Å². The molecule has 1 atom stereocenters. The Kier molecular flexibility index (Phi) is 7.97. The molecule has 2 heterocycles. The second-order valence-corrected chi connectivity index (χ2v) is 9.97. The number of allylic oxidation sites excluding steroid dienone is 1. The summed E-state index contributed by atoms with van der Waals surface area (Å²) in [5.74, 6) is 0.223. The lowest BCUT2D eigenvalue weighted by molar-refractivity contribution is -0.113. The molecule has 1 N–H and O–H groups in total. The number of alkyl halides is 2. The number of carbonyl (C=O) groups excluding carboxylic acids is 1. The number of ether oxygens (including phenoxy) is 3. The fourth-order valence-electron chi connectivity index (χ4n) is 4.55. The molecule has 1 aromatic heterocycles. The third-order valence-corrected chi connectivity index (χ3v) is 7.41. The van der Waals surface area contributed by atoms with Crippen LogP contribution in [0.1, 0.15) is 24.1 Å². The molecule has 5 rings (SSSR count). The largest absolute Gasteiger partial charge is 0.497 e. The number of halogens is 2. The highest BCUT2D eigenvalue weighted by Crippen LogP contribution is 2.32. The van der Waals surface area contributed by atoms with Gasteiger partial charge in [-0.1, -0.05) is 47.7 Å².